The fourth-order valence-corrected chi connectivity index (χ4v) is 2.50. The van der Waals surface area contributed by atoms with E-state index in [2.05, 4.69) is 4.98 Å². The number of hydrogen-bond donors (Lipinski definition) is 2. The average Bonchev–Trinajstić information content (AvgIpc) is 2.53. The highest BCUT2D eigenvalue weighted by molar-refractivity contribution is 6.35. The van der Waals surface area contributed by atoms with Gasteiger partial charge in [-0.2, -0.15) is 0 Å². The molecular weight excluding hydrogens is 383 g/mol. The molecule has 2 aromatic rings. The largest absolute Gasteiger partial charge is 0.486 e. The molecule has 0 unspecified atom stereocenters. The molecule has 0 bridgehead atoms. The predicted octanol–water partition coefficient (Wildman–Crippen LogP) is 2.04. The summed E-state index contributed by atoms with van der Waals surface area (Å²) in [6.45, 7) is -0.588. The molecule has 24 heavy (non-hydrogen) atoms. The van der Waals surface area contributed by atoms with E-state index in [9.17, 15) is 9.59 Å². The fourth-order valence-electron chi connectivity index (χ4n) is 1.83. The number of rotatable bonds is 7. The molecule has 0 saturated heterocycles. The second-order valence-corrected chi connectivity index (χ2v) is 5.79. The third-order valence-electron chi connectivity index (χ3n) is 2.96. The van der Waals surface area contributed by atoms with Gasteiger partial charge in [0, 0.05) is 5.02 Å². The molecule has 0 aliphatic rings. The zero-order chi connectivity index (χ0) is 17.7. The quantitative estimate of drug-likeness (QED) is 0.700. The Labute approximate surface area is 151 Å². The number of nitrogens with zero attached hydrogens (tertiary/aromatic N) is 1. The number of H-pyrrole nitrogens is 1. The van der Waals surface area contributed by atoms with E-state index in [0.29, 0.717) is 10.8 Å². The summed E-state index contributed by atoms with van der Waals surface area (Å²) >= 11 is 17.8. The third-order valence-corrected chi connectivity index (χ3v) is 3.88. The highest BCUT2D eigenvalue weighted by Crippen LogP contribution is 2.28. The lowest BCUT2D eigenvalue weighted by Gasteiger charge is -2.15. The minimum Gasteiger partial charge on any atom is -0.486 e. The van der Waals surface area contributed by atoms with Crippen molar-refractivity contribution in [1.29, 1.82) is 0 Å². The van der Waals surface area contributed by atoms with Gasteiger partial charge in [-0.3, -0.25) is 14.3 Å². The molecule has 7 nitrogen and oxygen atoms in total. The number of halogens is 3. The molecule has 2 rings (SSSR count). The zero-order valence-electron chi connectivity index (χ0n) is 12.2. The number of aromatic amines is 1. The van der Waals surface area contributed by atoms with Crippen LogP contribution < -0.4 is 16.0 Å². The van der Waals surface area contributed by atoms with Crippen LogP contribution in [0.4, 0.5) is 0 Å². The Bertz CT molecular complexity index is 834. The predicted molar refractivity (Wildman–Crippen MR) is 90.2 cm³/mol. The molecule has 2 N–H and O–H groups in total. The molecule has 0 radical (unpaired) electrons. The summed E-state index contributed by atoms with van der Waals surface area (Å²) in [5, 5.41) is 9.25. The highest BCUT2D eigenvalue weighted by Gasteiger charge is 2.15. The summed E-state index contributed by atoms with van der Waals surface area (Å²) in [5.41, 5.74) is -1.32. The number of aliphatic hydroxyl groups excluding tert-OH is 1. The van der Waals surface area contributed by atoms with E-state index in [0.717, 1.165) is 4.57 Å². The molecule has 0 aliphatic heterocycles. The van der Waals surface area contributed by atoms with Gasteiger partial charge in [0.05, 0.1) is 23.9 Å². The van der Waals surface area contributed by atoms with Crippen LogP contribution in [0.2, 0.25) is 15.1 Å². The summed E-state index contributed by atoms with van der Waals surface area (Å²) in [7, 11) is 0. The van der Waals surface area contributed by atoms with Crippen molar-refractivity contribution in [2.75, 3.05) is 13.2 Å². The van der Waals surface area contributed by atoms with Gasteiger partial charge in [0.25, 0.3) is 5.56 Å². The SMILES string of the molecule is O=c1[nH]c(=O)n(COCCO)c(COc2ccc(Cl)cc2Cl)c1Cl. The lowest BCUT2D eigenvalue weighted by atomic mass is 10.3. The van der Waals surface area contributed by atoms with Gasteiger partial charge in [-0.15, -0.1) is 0 Å². The van der Waals surface area contributed by atoms with Crippen molar-refractivity contribution < 1.29 is 14.6 Å². The molecule has 1 aromatic heterocycles. The van der Waals surface area contributed by atoms with Crippen molar-refractivity contribution >= 4 is 34.8 Å². The van der Waals surface area contributed by atoms with Crippen molar-refractivity contribution in [1.82, 2.24) is 9.55 Å². The Morgan fingerprint density at radius 1 is 1.21 bits per heavy atom. The molecule has 130 valence electrons. The van der Waals surface area contributed by atoms with Gasteiger partial charge in [-0.1, -0.05) is 34.8 Å². The van der Waals surface area contributed by atoms with Gasteiger partial charge in [0.2, 0.25) is 0 Å². The van der Waals surface area contributed by atoms with Crippen molar-refractivity contribution in [2.24, 2.45) is 0 Å². The van der Waals surface area contributed by atoms with Crippen LogP contribution in [0, 0.1) is 0 Å². The second kappa shape index (κ2) is 8.55. The molecule has 0 aliphatic carbocycles. The first-order valence-electron chi connectivity index (χ1n) is 6.72. The molecule has 0 saturated carbocycles. The summed E-state index contributed by atoms with van der Waals surface area (Å²) in [6, 6.07) is 4.63. The number of nitrogens with one attached hydrogen (secondary N) is 1. The number of benzene rings is 1. The molecule has 1 aromatic carbocycles. The van der Waals surface area contributed by atoms with Crippen LogP contribution in [0.15, 0.2) is 27.8 Å². The minimum absolute atomic E-state index is 0.0203. The first-order chi connectivity index (χ1) is 11.4. The highest BCUT2D eigenvalue weighted by atomic mass is 35.5. The maximum absolute atomic E-state index is 11.9. The van der Waals surface area contributed by atoms with Gasteiger partial charge in [0.15, 0.2) is 0 Å². The Kier molecular flexibility index (Phi) is 6.70. The van der Waals surface area contributed by atoms with Crippen molar-refractivity contribution in [3.8, 4) is 5.75 Å². The number of ether oxygens (including phenoxy) is 2. The van der Waals surface area contributed by atoms with E-state index in [4.69, 9.17) is 49.4 Å². The van der Waals surface area contributed by atoms with E-state index in [-0.39, 0.29) is 42.3 Å². The lowest BCUT2D eigenvalue weighted by molar-refractivity contribution is 0.0426. The average molecular weight is 396 g/mol. The monoisotopic (exact) mass is 394 g/mol. The third kappa shape index (κ3) is 4.52. The molecule has 1 heterocycles. The van der Waals surface area contributed by atoms with E-state index >= 15 is 0 Å². The Hall–Kier alpha value is -1.51. The lowest BCUT2D eigenvalue weighted by Crippen LogP contribution is -2.34. The smallest absolute Gasteiger partial charge is 0.330 e. The molecule has 10 heteroatoms. The van der Waals surface area contributed by atoms with E-state index < -0.39 is 11.2 Å². The molecule has 0 spiro atoms. The normalized spacial score (nSPS) is 10.8. The first kappa shape index (κ1) is 18.8. The summed E-state index contributed by atoms with van der Waals surface area (Å²) in [4.78, 5) is 25.7. The Morgan fingerprint density at radius 3 is 2.62 bits per heavy atom. The summed E-state index contributed by atoms with van der Waals surface area (Å²) in [6.07, 6.45) is 0. The van der Waals surface area contributed by atoms with Gasteiger partial charge >= 0.3 is 5.69 Å². The van der Waals surface area contributed by atoms with Crippen LogP contribution in [0.5, 0.6) is 5.75 Å². The Balaban J connectivity index is 2.30. The molecule has 0 amide bonds. The van der Waals surface area contributed by atoms with E-state index in [1.165, 1.54) is 6.07 Å². The molecule has 0 atom stereocenters. The Morgan fingerprint density at radius 2 is 1.96 bits per heavy atom. The maximum atomic E-state index is 11.9. The molecule has 0 fully saturated rings. The van der Waals surface area contributed by atoms with E-state index in [1.807, 2.05) is 0 Å². The van der Waals surface area contributed by atoms with Gasteiger partial charge in [-0.25, -0.2) is 4.79 Å². The number of hydrogen-bond acceptors (Lipinski definition) is 5. The fraction of sp³-hybridized carbons (Fsp3) is 0.286. The topological polar surface area (TPSA) is 93.6 Å². The van der Waals surface area contributed by atoms with Crippen LogP contribution in [0.3, 0.4) is 0 Å². The van der Waals surface area contributed by atoms with Crippen molar-refractivity contribution in [3.05, 3.63) is 59.8 Å². The van der Waals surface area contributed by atoms with Gasteiger partial charge in [-0.05, 0) is 18.2 Å². The summed E-state index contributed by atoms with van der Waals surface area (Å²) < 4.78 is 11.7. The van der Waals surface area contributed by atoms with Crippen LogP contribution in [-0.2, 0) is 18.1 Å². The van der Waals surface area contributed by atoms with Crippen LogP contribution in [0.1, 0.15) is 5.69 Å². The number of aliphatic hydroxyl groups is 1. The van der Waals surface area contributed by atoms with Gasteiger partial charge in [0.1, 0.15) is 24.1 Å². The van der Waals surface area contributed by atoms with Crippen molar-refractivity contribution in [2.45, 2.75) is 13.3 Å². The second-order valence-electron chi connectivity index (χ2n) is 4.57. The minimum atomic E-state index is -0.735. The van der Waals surface area contributed by atoms with E-state index in [1.54, 1.807) is 12.1 Å². The maximum Gasteiger partial charge on any atom is 0.330 e. The van der Waals surface area contributed by atoms with Crippen LogP contribution in [-0.4, -0.2) is 27.9 Å². The first-order valence-corrected chi connectivity index (χ1v) is 7.85. The number of aromatic nitrogens is 2. The van der Waals surface area contributed by atoms with Gasteiger partial charge < -0.3 is 14.6 Å². The standard InChI is InChI=1S/C14H13Cl3N2O5/c15-8-1-2-11(9(16)5-8)24-6-10-12(17)13(21)18-14(22)19(10)7-23-4-3-20/h1-2,5,20H,3-4,6-7H2,(H,18,21,22). The molecular formula is C14H13Cl3N2O5. The van der Waals surface area contributed by atoms with Crippen molar-refractivity contribution in [3.63, 3.8) is 0 Å². The summed E-state index contributed by atoms with van der Waals surface area (Å²) in [5.74, 6) is 0.313. The van der Waals surface area contributed by atoms with Crippen LogP contribution in [0.25, 0.3) is 0 Å². The zero-order valence-corrected chi connectivity index (χ0v) is 14.5. The van der Waals surface area contributed by atoms with Crippen LogP contribution >= 0.6 is 34.8 Å².